The van der Waals surface area contributed by atoms with Gasteiger partial charge in [0.2, 0.25) is 5.96 Å². The van der Waals surface area contributed by atoms with Crippen molar-refractivity contribution in [3.63, 3.8) is 0 Å². The highest BCUT2D eigenvalue weighted by molar-refractivity contribution is 7.13. The molecule has 8 heteroatoms. The molecular weight excluding hydrogens is 360 g/mol. The van der Waals surface area contributed by atoms with Crippen molar-refractivity contribution in [3.05, 3.63) is 47.9 Å². The van der Waals surface area contributed by atoms with E-state index in [1.165, 1.54) is 0 Å². The molecule has 4 heterocycles. The molecule has 1 unspecified atom stereocenters. The van der Waals surface area contributed by atoms with Crippen LogP contribution in [-0.2, 0) is 17.7 Å². The van der Waals surface area contributed by atoms with E-state index in [0.717, 1.165) is 47.6 Å². The lowest BCUT2D eigenvalue weighted by atomic mass is 10.2. The van der Waals surface area contributed by atoms with Crippen molar-refractivity contribution in [1.82, 2.24) is 24.3 Å². The van der Waals surface area contributed by atoms with Gasteiger partial charge in [0.25, 0.3) is 0 Å². The summed E-state index contributed by atoms with van der Waals surface area (Å²) in [6.45, 7) is 6.52. The average molecular weight is 385 g/mol. The smallest absolute Gasteiger partial charge is 0.210 e. The standard InChI is InChI=1S/C19H24N6OS/c1-14-10-15(2)25-7-6-23(19(25)21-14)5-4-18-22-16(17-11-20-13-27-17)12-24(18)8-9-26-3/h6-7,10-13,15H,4-5,8-9H2,1-3H3. The number of rotatable bonds is 7. The number of aromatic nitrogens is 3. The van der Waals surface area contributed by atoms with Crippen LogP contribution in [0.1, 0.15) is 19.7 Å². The number of imidazole rings is 1. The van der Waals surface area contributed by atoms with E-state index in [-0.39, 0.29) is 0 Å². The van der Waals surface area contributed by atoms with Crippen molar-refractivity contribution < 1.29 is 4.74 Å². The second-order valence-corrected chi connectivity index (χ2v) is 7.59. The van der Waals surface area contributed by atoms with Crippen LogP contribution < -0.4 is 0 Å². The summed E-state index contributed by atoms with van der Waals surface area (Å²) in [5.74, 6) is 2.05. The molecule has 0 saturated carbocycles. The zero-order valence-corrected chi connectivity index (χ0v) is 16.7. The monoisotopic (exact) mass is 384 g/mol. The minimum atomic E-state index is 0.334. The minimum absolute atomic E-state index is 0.334. The molecule has 0 amide bonds. The summed E-state index contributed by atoms with van der Waals surface area (Å²) in [5.41, 5.74) is 3.88. The lowest BCUT2D eigenvalue weighted by Gasteiger charge is -2.30. The first-order valence-electron chi connectivity index (χ1n) is 9.10. The minimum Gasteiger partial charge on any atom is -0.383 e. The van der Waals surface area contributed by atoms with Gasteiger partial charge < -0.3 is 19.1 Å². The Morgan fingerprint density at radius 1 is 1.26 bits per heavy atom. The summed E-state index contributed by atoms with van der Waals surface area (Å²) in [6, 6.07) is 0.334. The topological polar surface area (TPSA) is 58.8 Å². The zero-order chi connectivity index (χ0) is 18.8. The van der Waals surface area contributed by atoms with E-state index in [2.05, 4.69) is 57.9 Å². The predicted octanol–water partition coefficient (Wildman–Crippen LogP) is 2.95. The molecule has 2 aliphatic heterocycles. The van der Waals surface area contributed by atoms with Gasteiger partial charge in [-0.05, 0) is 19.9 Å². The fourth-order valence-corrected chi connectivity index (χ4v) is 3.97. The highest BCUT2D eigenvalue weighted by Crippen LogP contribution is 2.24. The molecule has 0 spiro atoms. The summed E-state index contributed by atoms with van der Waals surface area (Å²) in [7, 11) is 1.72. The largest absolute Gasteiger partial charge is 0.383 e. The summed E-state index contributed by atoms with van der Waals surface area (Å²) in [4.78, 5) is 19.2. The summed E-state index contributed by atoms with van der Waals surface area (Å²) >= 11 is 1.61. The van der Waals surface area contributed by atoms with Crippen molar-refractivity contribution in [2.45, 2.75) is 32.9 Å². The SMILES string of the molecule is COCCn1cc(-c2cncs2)nc1CCN1C=CN2C1=NC(C)=CC2C. The number of allylic oxidation sites excluding steroid dienone is 1. The Morgan fingerprint density at radius 3 is 2.93 bits per heavy atom. The molecule has 142 valence electrons. The third-order valence-electron chi connectivity index (χ3n) is 4.75. The Labute approximate surface area is 163 Å². The molecule has 2 aliphatic rings. The van der Waals surface area contributed by atoms with E-state index in [1.54, 1.807) is 18.4 Å². The number of hydrogen-bond donors (Lipinski definition) is 0. The van der Waals surface area contributed by atoms with Crippen molar-refractivity contribution in [2.24, 2.45) is 4.99 Å². The van der Waals surface area contributed by atoms with Gasteiger partial charge in [0.15, 0.2) is 0 Å². The summed E-state index contributed by atoms with van der Waals surface area (Å²) in [6.07, 6.45) is 11.2. The van der Waals surface area contributed by atoms with E-state index in [9.17, 15) is 0 Å². The number of guanidine groups is 1. The van der Waals surface area contributed by atoms with Crippen LogP contribution in [0.5, 0.6) is 0 Å². The highest BCUT2D eigenvalue weighted by Gasteiger charge is 2.27. The molecule has 0 radical (unpaired) electrons. The lowest BCUT2D eigenvalue weighted by molar-refractivity contribution is 0.186. The van der Waals surface area contributed by atoms with Gasteiger partial charge in [-0.1, -0.05) is 0 Å². The molecule has 2 aromatic heterocycles. The normalized spacial score (nSPS) is 18.7. The van der Waals surface area contributed by atoms with Crippen LogP contribution in [0, 0.1) is 0 Å². The number of nitrogens with zero attached hydrogens (tertiary/aromatic N) is 6. The van der Waals surface area contributed by atoms with Gasteiger partial charge in [-0.2, -0.15) is 0 Å². The van der Waals surface area contributed by atoms with Crippen LogP contribution >= 0.6 is 11.3 Å². The molecule has 0 fully saturated rings. The maximum absolute atomic E-state index is 5.26. The molecule has 0 aliphatic carbocycles. The van der Waals surface area contributed by atoms with Crippen LogP contribution in [0.15, 0.2) is 47.1 Å². The Bertz CT molecular complexity index is 882. The molecule has 0 aromatic carbocycles. The van der Waals surface area contributed by atoms with Crippen molar-refractivity contribution in [1.29, 1.82) is 0 Å². The molecule has 0 N–H and O–H groups in total. The van der Waals surface area contributed by atoms with E-state index < -0.39 is 0 Å². The zero-order valence-electron chi connectivity index (χ0n) is 15.9. The Kier molecular flexibility index (Phi) is 5.09. The lowest BCUT2D eigenvalue weighted by Crippen LogP contribution is -2.40. The van der Waals surface area contributed by atoms with Gasteiger partial charge in [0.05, 0.1) is 23.0 Å². The van der Waals surface area contributed by atoms with Crippen LogP contribution in [0.4, 0.5) is 0 Å². The second kappa shape index (κ2) is 7.66. The van der Waals surface area contributed by atoms with Crippen LogP contribution in [0.25, 0.3) is 10.6 Å². The van der Waals surface area contributed by atoms with Crippen LogP contribution in [-0.4, -0.2) is 56.6 Å². The van der Waals surface area contributed by atoms with E-state index in [4.69, 9.17) is 14.7 Å². The molecule has 2 aromatic rings. The molecule has 1 atom stereocenters. The number of methoxy groups -OCH3 is 1. The van der Waals surface area contributed by atoms with Gasteiger partial charge in [-0.15, -0.1) is 11.3 Å². The van der Waals surface area contributed by atoms with Gasteiger partial charge in [-0.3, -0.25) is 4.98 Å². The molecule has 0 bridgehead atoms. The number of fused-ring (bicyclic) bond motifs is 1. The predicted molar refractivity (Wildman–Crippen MR) is 107 cm³/mol. The van der Waals surface area contributed by atoms with Gasteiger partial charge in [0, 0.05) is 57.1 Å². The second-order valence-electron chi connectivity index (χ2n) is 6.70. The Balaban J connectivity index is 1.51. The molecular formula is C19H24N6OS. The first-order valence-corrected chi connectivity index (χ1v) is 9.98. The van der Waals surface area contributed by atoms with E-state index in [1.807, 2.05) is 11.7 Å². The van der Waals surface area contributed by atoms with E-state index in [0.29, 0.717) is 12.6 Å². The quantitative estimate of drug-likeness (QED) is 0.735. The maximum atomic E-state index is 5.26. The number of hydrogen-bond acceptors (Lipinski definition) is 7. The first kappa shape index (κ1) is 17.9. The van der Waals surface area contributed by atoms with E-state index >= 15 is 0 Å². The van der Waals surface area contributed by atoms with Gasteiger partial charge in [0.1, 0.15) is 11.5 Å². The van der Waals surface area contributed by atoms with Gasteiger partial charge >= 0.3 is 0 Å². The fourth-order valence-electron chi connectivity index (χ4n) is 3.39. The highest BCUT2D eigenvalue weighted by atomic mass is 32.1. The third-order valence-corrected chi connectivity index (χ3v) is 5.54. The molecule has 7 nitrogen and oxygen atoms in total. The third kappa shape index (κ3) is 3.68. The number of aliphatic imine (C=N–C) groups is 1. The van der Waals surface area contributed by atoms with Crippen molar-refractivity contribution in [2.75, 3.05) is 20.3 Å². The Morgan fingerprint density at radius 2 is 2.15 bits per heavy atom. The van der Waals surface area contributed by atoms with Gasteiger partial charge in [-0.25, -0.2) is 9.98 Å². The number of thiazole rings is 1. The maximum Gasteiger partial charge on any atom is 0.210 e. The van der Waals surface area contributed by atoms with Crippen LogP contribution in [0.2, 0.25) is 0 Å². The summed E-state index contributed by atoms with van der Waals surface area (Å²) < 4.78 is 7.45. The fraction of sp³-hybridized carbons (Fsp3) is 0.421. The molecule has 0 saturated heterocycles. The molecule has 4 rings (SSSR count). The van der Waals surface area contributed by atoms with Crippen molar-refractivity contribution in [3.8, 4) is 10.6 Å². The van der Waals surface area contributed by atoms with Crippen LogP contribution in [0.3, 0.4) is 0 Å². The Hall–Kier alpha value is -2.45. The van der Waals surface area contributed by atoms with Crippen molar-refractivity contribution >= 4 is 17.3 Å². The summed E-state index contributed by atoms with van der Waals surface area (Å²) in [5, 5.41) is 0. The first-order chi connectivity index (χ1) is 13.2. The molecule has 27 heavy (non-hydrogen) atoms. The number of ether oxygens (including phenoxy) is 1. The average Bonchev–Trinajstić information content (AvgIpc) is 3.37.